The second-order valence-electron chi connectivity index (χ2n) is 2.24. The van der Waals surface area contributed by atoms with Gasteiger partial charge in [-0.25, -0.2) is 8.60 Å². The summed E-state index contributed by atoms with van der Waals surface area (Å²) >= 11 is -2.06. The first-order valence-electron chi connectivity index (χ1n) is 3.14. The lowest BCUT2D eigenvalue weighted by Crippen LogP contribution is -1.94. The molecule has 1 rings (SSSR count). The largest absolute Gasteiger partial charge is 0.508 e. The number of phenols is 1. The van der Waals surface area contributed by atoms with Gasteiger partial charge in [0.05, 0.1) is 5.75 Å². The minimum Gasteiger partial charge on any atom is -0.508 e. The molecule has 0 bridgehead atoms. The zero-order chi connectivity index (χ0) is 9.14. The van der Waals surface area contributed by atoms with Crippen LogP contribution < -0.4 is 0 Å². The quantitative estimate of drug-likeness (QED) is 0.690. The summed E-state index contributed by atoms with van der Waals surface area (Å²) < 4.78 is 31.3. The minimum atomic E-state index is -2.06. The molecule has 2 N–H and O–H groups in total. The molecule has 1 aromatic carbocycles. The number of phenolic OH excluding ortho intramolecular Hbond substituents is 1. The predicted molar refractivity (Wildman–Crippen MR) is 42.5 cm³/mol. The minimum absolute atomic E-state index is 0.135. The molecule has 5 heteroatoms. The molecule has 12 heavy (non-hydrogen) atoms. The summed E-state index contributed by atoms with van der Waals surface area (Å²) in [5, 5.41) is 9.07. The molecular weight excluding hydrogens is 183 g/mol. The Hall–Kier alpha value is -0.940. The zero-order valence-electron chi connectivity index (χ0n) is 6.03. The smallest absolute Gasteiger partial charge is 0.157 e. The Balaban J connectivity index is 2.97. The van der Waals surface area contributed by atoms with Gasteiger partial charge in [0, 0.05) is 5.56 Å². The van der Waals surface area contributed by atoms with Crippen LogP contribution in [0.25, 0.3) is 0 Å². The maximum Gasteiger partial charge on any atom is 0.157 e. The molecule has 0 saturated heterocycles. The maximum atomic E-state index is 12.5. The molecule has 66 valence electrons. The summed E-state index contributed by atoms with van der Waals surface area (Å²) in [4.78, 5) is 0. The van der Waals surface area contributed by atoms with Crippen LogP contribution in [0.2, 0.25) is 0 Å². The van der Waals surface area contributed by atoms with Crippen molar-refractivity contribution >= 4 is 11.1 Å². The van der Waals surface area contributed by atoms with Gasteiger partial charge in [0.25, 0.3) is 0 Å². The molecule has 1 aromatic rings. The van der Waals surface area contributed by atoms with Gasteiger partial charge in [0.1, 0.15) is 11.6 Å². The van der Waals surface area contributed by atoms with Crippen molar-refractivity contribution in [3.05, 3.63) is 29.6 Å². The van der Waals surface area contributed by atoms with Crippen molar-refractivity contribution in [3.8, 4) is 5.75 Å². The highest BCUT2D eigenvalue weighted by atomic mass is 32.2. The van der Waals surface area contributed by atoms with Crippen LogP contribution in [0.15, 0.2) is 18.2 Å². The van der Waals surface area contributed by atoms with E-state index in [-0.39, 0.29) is 17.1 Å². The molecule has 0 spiro atoms. The normalized spacial score (nSPS) is 12.8. The SMILES string of the molecule is O=S(O)Cc1cc(F)ccc1O. The van der Waals surface area contributed by atoms with Crippen LogP contribution in [-0.2, 0) is 16.8 Å². The van der Waals surface area contributed by atoms with Crippen LogP contribution >= 0.6 is 0 Å². The van der Waals surface area contributed by atoms with Gasteiger partial charge in [0.2, 0.25) is 0 Å². The van der Waals surface area contributed by atoms with Gasteiger partial charge in [0.15, 0.2) is 11.1 Å². The van der Waals surface area contributed by atoms with Crippen LogP contribution in [0.5, 0.6) is 5.75 Å². The third-order valence-electron chi connectivity index (χ3n) is 1.32. The number of hydrogen-bond acceptors (Lipinski definition) is 2. The van der Waals surface area contributed by atoms with E-state index in [1.807, 2.05) is 0 Å². The van der Waals surface area contributed by atoms with Crippen molar-refractivity contribution in [1.29, 1.82) is 0 Å². The van der Waals surface area contributed by atoms with E-state index in [1.165, 1.54) is 0 Å². The van der Waals surface area contributed by atoms with Gasteiger partial charge in [-0.2, -0.15) is 0 Å². The topological polar surface area (TPSA) is 57.5 Å². The van der Waals surface area contributed by atoms with Crippen LogP contribution in [0.4, 0.5) is 4.39 Å². The van der Waals surface area contributed by atoms with Gasteiger partial charge in [-0.1, -0.05) is 0 Å². The fraction of sp³-hybridized carbons (Fsp3) is 0.143. The van der Waals surface area contributed by atoms with Crippen molar-refractivity contribution in [1.82, 2.24) is 0 Å². The summed E-state index contributed by atoms with van der Waals surface area (Å²) in [6.45, 7) is 0. The highest BCUT2D eigenvalue weighted by molar-refractivity contribution is 7.78. The van der Waals surface area contributed by atoms with Crippen LogP contribution in [0, 0.1) is 5.82 Å². The molecule has 0 radical (unpaired) electrons. The first-order valence-corrected chi connectivity index (χ1v) is 4.42. The molecule has 0 aromatic heterocycles. The number of hydrogen-bond donors (Lipinski definition) is 2. The van der Waals surface area contributed by atoms with Gasteiger partial charge in [-0.05, 0) is 18.2 Å². The lowest BCUT2D eigenvalue weighted by atomic mass is 10.2. The van der Waals surface area contributed by atoms with Crippen molar-refractivity contribution in [3.63, 3.8) is 0 Å². The van der Waals surface area contributed by atoms with Gasteiger partial charge in [-0.3, -0.25) is 0 Å². The zero-order valence-corrected chi connectivity index (χ0v) is 6.84. The van der Waals surface area contributed by atoms with Crippen molar-refractivity contribution in [2.75, 3.05) is 0 Å². The molecule has 1 unspecified atom stereocenters. The molecule has 0 saturated carbocycles. The van der Waals surface area contributed by atoms with E-state index in [0.717, 1.165) is 18.2 Å². The fourth-order valence-electron chi connectivity index (χ4n) is 0.803. The van der Waals surface area contributed by atoms with Gasteiger partial charge < -0.3 is 9.66 Å². The number of benzene rings is 1. The molecule has 0 aliphatic rings. The monoisotopic (exact) mass is 190 g/mol. The molecule has 0 aliphatic carbocycles. The molecule has 3 nitrogen and oxygen atoms in total. The summed E-state index contributed by atoms with van der Waals surface area (Å²) in [6.07, 6.45) is 0. The highest BCUT2D eigenvalue weighted by Gasteiger charge is 2.05. The summed E-state index contributed by atoms with van der Waals surface area (Å²) in [5.74, 6) is -0.962. The fourth-order valence-corrected chi connectivity index (χ4v) is 1.30. The number of rotatable bonds is 2. The Bertz CT molecular complexity index is 314. The highest BCUT2D eigenvalue weighted by Crippen LogP contribution is 2.18. The standard InChI is InChI=1S/C7H7FO3S/c8-6-1-2-7(9)5(3-6)4-12(10)11/h1-3,9H,4H2,(H,10,11). The first kappa shape index (κ1) is 9.15. The molecule has 0 aliphatic heterocycles. The molecule has 0 fully saturated rings. The maximum absolute atomic E-state index is 12.5. The Labute approximate surface area is 71.1 Å². The molecule has 0 amide bonds. The van der Waals surface area contributed by atoms with E-state index >= 15 is 0 Å². The van der Waals surface area contributed by atoms with E-state index in [1.54, 1.807) is 0 Å². The van der Waals surface area contributed by atoms with Gasteiger partial charge in [-0.15, -0.1) is 0 Å². The average Bonchev–Trinajstić information content (AvgIpc) is 1.96. The van der Waals surface area contributed by atoms with E-state index in [0.29, 0.717) is 0 Å². The van der Waals surface area contributed by atoms with Gasteiger partial charge >= 0.3 is 0 Å². The Morgan fingerprint density at radius 1 is 1.50 bits per heavy atom. The Morgan fingerprint density at radius 3 is 2.75 bits per heavy atom. The number of aromatic hydroxyl groups is 1. The van der Waals surface area contributed by atoms with Crippen molar-refractivity contribution in [2.24, 2.45) is 0 Å². The lowest BCUT2D eigenvalue weighted by molar-refractivity contribution is 0.466. The Morgan fingerprint density at radius 2 is 2.17 bits per heavy atom. The van der Waals surface area contributed by atoms with Crippen LogP contribution in [0.3, 0.4) is 0 Å². The van der Waals surface area contributed by atoms with Crippen LogP contribution in [0.1, 0.15) is 5.56 Å². The molecule has 1 atom stereocenters. The van der Waals surface area contributed by atoms with E-state index in [4.69, 9.17) is 9.66 Å². The summed E-state index contributed by atoms with van der Waals surface area (Å²) in [7, 11) is 0. The number of halogens is 1. The third kappa shape index (κ3) is 2.28. The van der Waals surface area contributed by atoms with Crippen molar-refractivity contribution in [2.45, 2.75) is 5.75 Å². The van der Waals surface area contributed by atoms with Crippen molar-refractivity contribution < 1.29 is 18.3 Å². The van der Waals surface area contributed by atoms with E-state index in [2.05, 4.69) is 0 Å². The third-order valence-corrected chi connectivity index (χ3v) is 1.88. The lowest BCUT2D eigenvalue weighted by Gasteiger charge is -2.00. The summed E-state index contributed by atoms with van der Waals surface area (Å²) in [6, 6.07) is 3.26. The average molecular weight is 190 g/mol. The second kappa shape index (κ2) is 3.64. The second-order valence-corrected chi connectivity index (χ2v) is 3.17. The summed E-state index contributed by atoms with van der Waals surface area (Å²) in [5.41, 5.74) is 0.135. The predicted octanol–water partition coefficient (Wildman–Crippen LogP) is 1.25. The first-order chi connectivity index (χ1) is 5.59. The van der Waals surface area contributed by atoms with E-state index < -0.39 is 16.9 Å². The Kier molecular flexibility index (Phi) is 2.78. The van der Waals surface area contributed by atoms with Crippen LogP contribution in [-0.4, -0.2) is 13.9 Å². The molecular formula is C7H7FO3S. The molecule has 0 heterocycles. The van der Waals surface area contributed by atoms with E-state index in [9.17, 15) is 8.60 Å².